The quantitative estimate of drug-likeness (QED) is 0.428. The summed E-state index contributed by atoms with van der Waals surface area (Å²) in [6, 6.07) is 6.88. The van der Waals surface area contributed by atoms with E-state index < -0.39 is 9.84 Å². The van der Waals surface area contributed by atoms with Gasteiger partial charge in [0, 0.05) is 25.9 Å². The minimum atomic E-state index is -3.13. The van der Waals surface area contributed by atoms with E-state index in [4.69, 9.17) is 10.5 Å². The van der Waals surface area contributed by atoms with Crippen molar-refractivity contribution in [2.75, 3.05) is 39.1 Å². The van der Waals surface area contributed by atoms with Gasteiger partial charge < -0.3 is 15.4 Å². The van der Waals surface area contributed by atoms with E-state index in [-0.39, 0.29) is 24.0 Å². The largest absolute Gasteiger partial charge is 0.378 e. The zero-order chi connectivity index (χ0) is 15.3. The van der Waals surface area contributed by atoms with Crippen LogP contribution in [-0.2, 0) is 21.0 Å². The monoisotopic (exact) mass is 439 g/mol. The van der Waals surface area contributed by atoms with E-state index in [1.54, 1.807) is 12.1 Å². The summed E-state index contributed by atoms with van der Waals surface area (Å²) in [7, 11) is -3.13. The zero-order valence-electron chi connectivity index (χ0n) is 12.6. The van der Waals surface area contributed by atoms with E-state index in [0.29, 0.717) is 30.6 Å². The predicted molar refractivity (Wildman–Crippen MR) is 97.6 cm³/mol. The van der Waals surface area contributed by atoms with Crippen LogP contribution in [0.3, 0.4) is 0 Å². The van der Waals surface area contributed by atoms with Gasteiger partial charge in [-0.3, -0.25) is 4.99 Å². The van der Waals surface area contributed by atoms with Crippen LogP contribution in [0.2, 0.25) is 0 Å². The Bertz CT molecular complexity index is 596. The topological polar surface area (TPSA) is 85.0 Å². The molecule has 0 aliphatic carbocycles. The van der Waals surface area contributed by atoms with Gasteiger partial charge in [-0.2, -0.15) is 0 Å². The summed E-state index contributed by atoms with van der Waals surface area (Å²) >= 11 is 0. The Morgan fingerprint density at radius 3 is 2.41 bits per heavy atom. The van der Waals surface area contributed by atoms with Gasteiger partial charge in [0.1, 0.15) is 0 Å². The van der Waals surface area contributed by atoms with Gasteiger partial charge in [0.15, 0.2) is 15.8 Å². The summed E-state index contributed by atoms with van der Waals surface area (Å²) in [5, 5.41) is 0. The molecule has 0 spiro atoms. The van der Waals surface area contributed by atoms with E-state index in [1.165, 1.54) is 6.26 Å². The molecule has 1 heterocycles. The van der Waals surface area contributed by atoms with Crippen molar-refractivity contribution in [3.63, 3.8) is 0 Å². The molecule has 1 aromatic rings. The third kappa shape index (κ3) is 5.73. The molecule has 2 rings (SSSR count). The third-order valence-electron chi connectivity index (χ3n) is 3.36. The summed E-state index contributed by atoms with van der Waals surface area (Å²) in [6.45, 7) is 3.50. The number of hydrogen-bond donors (Lipinski definition) is 1. The standard InChI is InChI=1S/C14H21N3O3S.HI/c1-21(18,19)13-4-2-12(3-5-13)6-7-16-14(15)17-8-10-20-11-9-17;/h2-5H,6-11H2,1H3,(H2,15,16);1H. The molecule has 0 amide bonds. The minimum Gasteiger partial charge on any atom is -0.378 e. The van der Waals surface area contributed by atoms with Crippen LogP contribution in [0.1, 0.15) is 5.56 Å². The van der Waals surface area contributed by atoms with E-state index >= 15 is 0 Å². The second kappa shape index (κ2) is 8.68. The van der Waals surface area contributed by atoms with Crippen molar-refractivity contribution in [3.8, 4) is 0 Å². The van der Waals surface area contributed by atoms with Gasteiger partial charge in [-0.15, -0.1) is 24.0 Å². The highest BCUT2D eigenvalue weighted by Gasteiger charge is 2.11. The Balaban J connectivity index is 0.00000242. The molecule has 0 aromatic heterocycles. The Morgan fingerprint density at radius 2 is 1.86 bits per heavy atom. The molecule has 0 atom stereocenters. The van der Waals surface area contributed by atoms with Gasteiger partial charge in [-0.25, -0.2) is 8.42 Å². The molecular weight excluding hydrogens is 417 g/mol. The fourth-order valence-electron chi connectivity index (χ4n) is 2.10. The Labute approximate surface area is 148 Å². The number of nitrogens with two attached hydrogens (primary N) is 1. The molecule has 1 fully saturated rings. The molecule has 1 aliphatic rings. The molecule has 0 bridgehead atoms. The van der Waals surface area contributed by atoms with Crippen LogP contribution in [0, 0.1) is 0 Å². The normalized spacial score (nSPS) is 16.2. The summed E-state index contributed by atoms with van der Waals surface area (Å²) < 4.78 is 28.0. The predicted octanol–water partition coefficient (Wildman–Crippen LogP) is 0.898. The van der Waals surface area contributed by atoms with Crippen molar-refractivity contribution in [3.05, 3.63) is 29.8 Å². The highest BCUT2D eigenvalue weighted by atomic mass is 127. The number of benzene rings is 1. The van der Waals surface area contributed by atoms with Crippen LogP contribution >= 0.6 is 24.0 Å². The molecule has 1 aliphatic heterocycles. The lowest BCUT2D eigenvalue weighted by atomic mass is 10.1. The first-order valence-electron chi connectivity index (χ1n) is 6.88. The average molecular weight is 439 g/mol. The summed E-state index contributed by atoms with van der Waals surface area (Å²) in [6.07, 6.45) is 1.93. The maximum atomic E-state index is 11.4. The maximum Gasteiger partial charge on any atom is 0.191 e. The molecule has 1 aromatic carbocycles. The number of sulfone groups is 1. The number of morpholine rings is 1. The smallest absolute Gasteiger partial charge is 0.191 e. The van der Waals surface area contributed by atoms with Gasteiger partial charge in [0.25, 0.3) is 0 Å². The van der Waals surface area contributed by atoms with Crippen LogP contribution in [0.25, 0.3) is 0 Å². The molecule has 0 unspecified atom stereocenters. The van der Waals surface area contributed by atoms with Crippen molar-refractivity contribution >= 4 is 39.8 Å². The minimum absolute atomic E-state index is 0. The highest BCUT2D eigenvalue weighted by Crippen LogP contribution is 2.10. The lowest BCUT2D eigenvalue weighted by Gasteiger charge is -2.27. The van der Waals surface area contributed by atoms with Gasteiger partial charge in [-0.1, -0.05) is 12.1 Å². The number of hydrogen-bond acceptors (Lipinski definition) is 4. The van der Waals surface area contributed by atoms with Gasteiger partial charge in [0.05, 0.1) is 18.1 Å². The van der Waals surface area contributed by atoms with Crippen LogP contribution in [0.5, 0.6) is 0 Å². The maximum absolute atomic E-state index is 11.4. The first-order chi connectivity index (χ1) is 9.97. The average Bonchev–Trinajstić information content (AvgIpc) is 2.47. The molecule has 6 nitrogen and oxygen atoms in total. The van der Waals surface area contributed by atoms with Crippen LogP contribution in [0.4, 0.5) is 0 Å². The van der Waals surface area contributed by atoms with E-state index in [9.17, 15) is 8.42 Å². The highest BCUT2D eigenvalue weighted by molar-refractivity contribution is 14.0. The SMILES string of the molecule is CS(=O)(=O)c1ccc(CCN=C(N)N2CCOCC2)cc1.I. The second-order valence-corrected chi connectivity index (χ2v) is 7.02. The number of nitrogens with zero attached hydrogens (tertiary/aromatic N) is 2. The van der Waals surface area contributed by atoms with Gasteiger partial charge in [0.2, 0.25) is 0 Å². The number of guanidine groups is 1. The van der Waals surface area contributed by atoms with E-state index in [0.717, 1.165) is 25.1 Å². The molecule has 124 valence electrons. The summed E-state index contributed by atoms with van der Waals surface area (Å²) in [5.74, 6) is 0.547. The molecule has 8 heteroatoms. The van der Waals surface area contributed by atoms with Gasteiger partial charge in [-0.05, 0) is 24.1 Å². The number of rotatable bonds is 4. The Morgan fingerprint density at radius 1 is 1.27 bits per heavy atom. The lowest BCUT2D eigenvalue weighted by molar-refractivity contribution is 0.0674. The third-order valence-corrected chi connectivity index (χ3v) is 4.49. The van der Waals surface area contributed by atoms with Crippen molar-refractivity contribution in [2.45, 2.75) is 11.3 Å². The van der Waals surface area contributed by atoms with Crippen molar-refractivity contribution in [1.82, 2.24) is 4.90 Å². The lowest BCUT2D eigenvalue weighted by Crippen LogP contribution is -2.44. The zero-order valence-corrected chi connectivity index (χ0v) is 15.7. The molecular formula is C14H22IN3O3S. The fourth-order valence-corrected chi connectivity index (χ4v) is 2.73. The van der Waals surface area contributed by atoms with Crippen molar-refractivity contribution in [1.29, 1.82) is 0 Å². The number of halogens is 1. The molecule has 22 heavy (non-hydrogen) atoms. The van der Waals surface area contributed by atoms with Crippen molar-refractivity contribution in [2.24, 2.45) is 10.7 Å². The molecule has 0 saturated carbocycles. The Hall–Kier alpha value is -0.870. The number of ether oxygens (including phenoxy) is 1. The van der Waals surface area contributed by atoms with Crippen LogP contribution in [0.15, 0.2) is 34.2 Å². The summed E-state index contributed by atoms with van der Waals surface area (Å²) in [4.78, 5) is 6.71. The van der Waals surface area contributed by atoms with E-state index in [1.807, 2.05) is 17.0 Å². The van der Waals surface area contributed by atoms with Gasteiger partial charge >= 0.3 is 0 Å². The number of aliphatic imine (C=N–C) groups is 1. The Kier molecular flexibility index (Phi) is 7.57. The molecule has 2 N–H and O–H groups in total. The fraction of sp³-hybridized carbons (Fsp3) is 0.500. The molecule has 0 radical (unpaired) electrons. The first-order valence-corrected chi connectivity index (χ1v) is 8.77. The molecule has 1 saturated heterocycles. The van der Waals surface area contributed by atoms with Crippen LogP contribution < -0.4 is 5.73 Å². The van der Waals surface area contributed by atoms with Crippen molar-refractivity contribution < 1.29 is 13.2 Å². The van der Waals surface area contributed by atoms with E-state index in [2.05, 4.69) is 4.99 Å². The van der Waals surface area contributed by atoms with Crippen LogP contribution in [-0.4, -0.2) is 58.4 Å². The second-order valence-electron chi connectivity index (χ2n) is 5.01. The first kappa shape index (κ1) is 19.2. The summed E-state index contributed by atoms with van der Waals surface area (Å²) in [5.41, 5.74) is 6.98.